The highest BCUT2D eigenvalue weighted by Gasteiger charge is 2.17. The number of furan rings is 1. The van der Waals surface area contributed by atoms with Gasteiger partial charge in [0.05, 0.1) is 23.5 Å². The Balaban J connectivity index is 0.00000264. The van der Waals surface area contributed by atoms with Crippen molar-refractivity contribution >= 4 is 41.3 Å². The summed E-state index contributed by atoms with van der Waals surface area (Å²) in [4.78, 5) is 8.89. The quantitative estimate of drug-likeness (QED) is 0.417. The van der Waals surface area contributed by atoms with Gasteiger partial charge in [-0.05, 0) is 12.1 Å². The average Bonchev–Trinajstić information content (AvgIpc) is 3.13. The lowest BCUT2D eigenvalue weighted by molar-refractivity contribution is 0.501. The van der Waals surface area contributed by atoms with E-state index in [9.17, 15) is 0 Å². The molecule has 2 heterocycles. The summed E-state index contributed by atoms with van der Waals surface area (Å²) < 4.78 is 5.28. The van der Waals surface area contributed by atoms with Gasteiger partial charge in [0.2, 0.25) is 0 Å². The van der Waals surface area contributed by atoms with Gasteiger partial charge in [-0.25, -0.2) is 4.98 Å². The Morgan fingerprint density at radius 1 is 1.35 bits per heavy atom. The number of halogens is 1. The minimum atomic E-state index is 0. The number of guanidine groups is 1. The van der Waals surface area contributed by atoms with Gasteiger partial charge in [0, 0.05) is 30.8 Å². The molecule has 0 spiro atoms. The normalized spacial score (nSPS) is 11.9. The first-order chi connectivity index (χ1) is 10.5. The van der Waals surface area contributed by atoms with E-state index in [2.05, 4.69) is 41.8 Å². The number of nitrogens with zero attached hydrogens (tertiary/aromatic N) is 2. The highest BCUT2D eigenvalue weighted by Crippen LogP contribution is 2.25. The Morgan fingerprint density at radius 3 is 2.70 bits per heavy atom. The van der Waals surface area contributed by atoms with E-state index in [4.69, 9.17) is 9.40 Å². The van der Waals surface area contributed by atoms with Gasteiger partial charge in [0.15, 0.2) is 5.96 Å². The smallest absolute Gasteiger partial charge is 0.191 e. The summed E-state index contributed by atoms with van der Waals surface area (Å²) in [6, 6.07) is 3.81. The minimum Gasteiger partial charge on any atom is -0.467 e. The number of aromatic nitrogens is 1. The lowest BCUT2D eigenvalue weighted by Gasteiger charge is -2.13. The molecular weight excluding hydrogens is 423 g/mol. The van der Waals surface area contributed by atoms with Crippen LogP contribution in [-0.2, 0) is 18.4 Å². The van der Waals surface area contributed by atoms with Crippen LogP contribution in [0.4, 0.5) is 0 Å². The molecule has 23 heavy (non-hydrogen) atoms. The summed E-state index contributed by atoms with van der Waals surface area (Å²) in [7, 11) is 1.76. The Kier molecular flexibility index (Phi) is 8.04. The zero-order valence-electron chi connectivity index (χ0n) is 14.0. The van der Waals surface area contributed by atoms with Crippen LogP contribution < -0.4 is 10.6 Å². The number of nitrogens with one attached hydrogen (secondary N) is 2. The van der Waals surface area contributed by atoms with Crippen LogP contribution in [-0.4, -0.2) is 24.5 Å². The van der Waals surface area contributed by atoms with Crippen molar-refractivity contribution in [2.45, 2.75) is 39.2 Å². The minimum absolute atomic E-state index is 0. The molecule has 128 valence electrons. The van der Waals surface area contributed by atoms with Crippen LogP contribution in [0.25, 0.3) is 0 Å². The highest BCUT2D eigenvalue weighted by atomic mass is 127. The number of thiazole rings is 1. The molecular formula is C16H25IN4OS. The Labute approximate surface area is 159 Å². The van der Waals surface area contributed by atoms with Gasteiger partial charge < -0.3 is 15.1 Å². The zero-order valence-corrected chi connectivity index (χ0v) is 17.2. The Hall–Kier alpha value is -1.09. The summed E-state index contributed by atoms with van der Waals surface area (Å²) in [5, 5.41) is 9.83. The molecule has 0 fully saturated rings. The standard InChI is InChI=1S/C16H24N4OS.HI/c1-16(2,3)14-20-12(11-22-14)7-8-18-15(17-4)19-10-13-6-5-9-21-13;/h5-6,9,11H,7-8,10H2,1-4H3,(H2,17,18,19);1H. The average molecular weight is 448 g/mol. The van der Waals surface area contributed by atoms with E-state index in [0.29, 0.717) is 6.54 Å². The van der Waals surface area contributed by atoms with Crippen LogP contribution in [0.5, 0.6) is 0 Å². The summed E-state index contributed by atoms with van der Waals surface area (Å²) in [6.45, 7) is 7.99. The lowest BCUT2D eigenvalue weighted by atomic mass is 9.98. The van der Waals surface area contributed by atoms with E-state index in [1.807, 2.05) is 12.1 Å². The zero-order chi connectivity index (χ0) is 16.0. The monoisotopic (exact) mass is 448 g/mol. The van der Waals surface area contributed by atoms with Gasteiger partial charge in [-0.1, -0.05) is 20.8 Å². The maximum absolute atomic E-state index is 5.28. The third-order valence-electron chi connectivity index (χ3n) is 3.10. The molecule has 0 aliphatic carbocycles. The topological polar surface area (TPSA) is 62.5 Å². The molecule has 2 aromatic heterocycles. The second kappa shape index (κ2) is 9.27. The Bertz CT molecular complexity index is 602. The molecule has 7 heteroatoms. The number of hydrogen-bond acceptors (Lipinski definition) is 4. The molecule has 0 radical (unpaired) electrons. The summed E-state index contributed by atoms with van der Waals surface area (Å²) in [6.07, 6.45) is 2.55. The molecule has 0 saturated carbocycles. The molecule has 0 bridgehead atoms. The van der Waals surface area contributed by atoms with Crippen molar-refractivity contribution < 1.29 is 4.42 Å². The summed E-state index contributed by atoms with van der Waals surface area (Å²) >= 11 is 1.73. The predicted octanol–water partition coefficient (Wildman–Crippen LogP) is 3.56. The van der Waals surface area contributed by atoms with E-state index >= 15 is 0 Å². The first-order valence-corrected chi connectivity index (χ1v) is 8.29. The van der Waals surface area contributed by atoms with E-state index in [-0.39, 0.29) is 29.4 Å². The molecule has 0 unspecified atom stereocenters. The van der Waals surface area contributed by atoms with Gasteiger partial charge in [-0.2, -0.15) is 0 Å². The molecule has 0 amide bonds. The molecule has 0 aromatic carbocycles. The van der Waals surface area contributed by atoms with Gasteiger partial charge in [-0.3, -0.25) is 4.99 Å². The largest absolute Gasteiger partial charge is 0.467 e. The third kappa shape index (κ3) is 6.50. The summed E-state index contributed by atoms with van der Waals surface area (Å²) in [5.74, 6) is 1.65. The van der Waals surface area contributed by atoms with E-state index in [1.54, 1.807) is 24.6 Å². The molecule has 2 aromatic rings. The van der Waals surface area contributed by atoms with E-state index in [0.717, 1.165) is 30.4 Å². The van der Waals surface area contributed by atoms with Gasteiger partial charge >= 0.3 is 0 Å². The van der Waals surface area contributed by atoms with Crippen LogP contribution in [0, 0.1) is 0 Å². The van der Waals surface area contributed by atoms with Crippen LogP contribution in [0.1, 0.15) is 37.2 Å². The predicted molar refractivity (Wildman–Crippen MR) is 107 cm³/mol. The number of rotatable bonds is 5. The van der Waals surface area contributed by atoms with Crippen LogP contribution in [0.15, 0.2) is 33.2 Å². The fraction of sp³-hybridized carbons (Fsp3) is 0.500. The van der Waals surface area contributed by atoms with E-state index < -0.39 is 0 Å². The molecule has 0 aliphatic heterocycles. The second-order valence-electron chi connectivity index (χ2n) is 6.08. The van der Waals surface area contributed by atoms with Gasteiger partial charge in [0.25, 0.3) is 0 Å². The van der Waals surface area contributed by atoms with Crippen molar-refractivity contribution in [1.29, 1.82) is 0 Å². The maximum Gasteiger partial charge on any atom is 0.191 e. The van der Waals surface area contributed by atoms with Crippen molar-refractivity contribution in [3.05, 3.63) is 40.2 Å². The second-order valence-corrected chi connectivity index (χ2v) is 6.93. The molecule has 0 saturated heterocycles. The molecule has 0 atom stereocenters. The molecule has 0 aliphatic rings. The number of hydrogen-bond donors (Lipinski definition) is 2. The van der Waals surface area contributed by atoms with Crippen molar-refractivity contribution in [3.8, 4) is 0 Å². The first-order valence-electron chi connectivity index (χ1n) is 7.41. The SMILES string of the molecule is CN=C(NCCc1csc(C(C)(C)C)n1)NCc1ccco1.I. The fourth-order valence-electron chi connectivity index (χ4n) is 1.88. The van der Waals surface area contributed by atoms with Gasteiger partial charge in [0.1, 0.15) is 5.76 Å². The fourth-order valence-corrected chi connectivity index (χ4v) is 2.82. The third-order valence-corrected chi connectivity index (χ3v) is 4.42. The lowest BCUT2D eigenvalue weighted by Crippen LogP contribution is -2.37. The van der Waals surface area contributed by atoms with Crippen LogP contribution >= 0.6 is 35.3 Å². The first kappa shape index (κ1) is 20.0. The highest BCUT2D eigenvalue weighted by molar-refractivity contribution is 14.0. The van der Waals surface area contributed by atoms with Crippen molar-refractivity contribution in [1.82, 2.24) is 15.6 Å². The van der Waals surface area contributed by atoms with Crippen molar-refractivity contribution in [3.63, 3.8) is 0 Å². The van der Waals surface area contributed by atoms with Gasteiger partial charge in [-0.15, -0.1) is 35.3 Å². The number of aliphatic imine (C=N–C) groups is 1. The molecule has 2 N–H and O–H groups in total. The molecule has 5 nitrogen and oxygen atoms in total. The summed E-state index contributed by atoms with van der Waals surface area (Å²) in [5.41, 5.74) is 1.25. The van der Waals surface area contributed by atoms with Crippen molar-refractivity contribution in [2.24, 2.45) is 4.99 Å². The van der Waals surface area contributed by atoms with Crippen LogP contribution in [0.3, 0.4) is 0 Å². The van der Waals surface area contributed by atoms with Crippen LogP contribution in [0.2, 0.25) is 0 Å². The van der Waals surface area contributed by atoms with E-state index in [1.165, 1.54) is 5.01 Å². The Morgan fingerprint density at radius 2 is 2.13 bits per heavy atom. The molecule has 2 rings (SSSR count). The van der Waals surface area contributed by atoms with Crippen molar-refractivity contribution in [2.75, 3.05) is 13.6 Å². The maximum atomic E-state index is 5.28.